The Balaban J connectivity index is 1.28. The van der Waals surface area contributed by atoms with Crippen molar-refractivity contribution < 1.29 is 23.0 Å². The van der Waals surface area contributed by atoms with Crippen LogP contribution < -0.4 is 4.74 Å². The van der Waals surface area contributed by atoms with Crippen molar-refractivity contribution in [3.05, 3.63) is 24.5 Å². The number of piperidine rings is 1. The molecule has 136 valence electrons. The summed E-state index contributed by atoms with van der Waals surface area (Å²) in [5.74, 6) is -2.55. The van der Waals surface area contributed by atoms with Gasteiger partial charge in [0.25, 0.3) is 0 Å². The average molecular weight is 352 g/mol. The molecular weight excluding hydrogens is 330 g/mol. The third-order valence-electron chi connectivity index (χ3n) is 5.54. The van der Waals surface area contributed by atoms with Crippen LogP contribution in [0.2, 0.25) is 0 Å². The molecule has 1 amide bonds. The summed E-state index contributed by atoms with van der Waals surface area (Å²) >= 11 is 0. The number of likely N-dealkylation sites (tertiary alicyclic amines) is 1. The molecule has 2 aliphatic heterocycles. The molecular formula is C18H22F2N2O3. The monoisotopic (exact) mass is 352 g/mol. The van der Waals surface area contributed by atoms with E-state index in [2.05, 4.69) is 4.98 Å². The summed E-state index contributed by atoms with van der Waals surface area (Å²) in [7, 11) is 0. The summed E-state index contributed by atoms with van der Waals surface area (Å²) in [5.41, 5.74) is -0.257. The number of halogens is 2. The second kappa shape index (κ2) is 6.20. The molecule has 3 fully saturated rings. The number of alkyl halides is 2. The third-order valence-corrected chi connectivity index (χ3v) is 5.54. The summed E-state index contributed by atoms with van der Waals surface area (Å²) in [4.78, 5) is 18.1. The quantitative estimate of drug-likeness (QED) is 0.839. The van der Waals surface area contributed by atoms with Crippen molar-refractivity contribution >= 4 is 5.91 Å². The lowest BCUT2D eigenvalue weighted by molar-refractivity contribution is -0.163. The number of hydrogen-bond donors (Lipinski definition) is 0. The molecule has 1 saturated carbocycles. The number of rotatable bonds is 3. The molecule has 4 rings (SSSR count). The van der Waals surface area contributed by atoms with Gasteiger partial charge in [-0.1, -0.05) is 0 Å². The lowest BCUT2D eigenvalue weighted by Crippen LogP contribution is -2.52. The second-order valence-corrected chi connectivity index (χ2v) is 7.41. The van der Waals surface area contributed by atoms with Gasteiger partial charge in [0.15, 0.2) is 0 Å². The number of aromatic nitrogens is 1. The van der Waals surface area contributed by atoms with Gasteiger partial charge in [0.1, 0.15) is 11.9 Å². The Morgan fingerprint density at radius 1 is 1.28 bits per heavy atom. The van der Waals surface area contributed by atoms with Gasteiger partial charge in [0.2, 0.25) is 11.8 Å². The van der Waals surface area contributed by atoms with Crippen LogP contribution in [0.1, 0.15) is 32.1 Å². The maximum Gasteiger partial charge on any atom is 0.249 e. The fourth-order valence-electron chi connectivity index (χ4n) is 4.06. The van der Waals surface area contributed by atoms with E-state index in [1.807, 2.05) is 12.1 Å². The topological polar surface area (TPSA) is 51.7 Å². The molecule has 0 N–H and O–H groups in total. The zero-order chi connectivity index (χ0) is 17.5. The summed E-state index contributed by atoms with van der Waals surface area (Å²) in [5, 5.41) is 0. The number of carbonyl (C=O) groups is 1. The van der Waals surface area contributed by atoms with Crippen molar-refractivity contribution in [2.75, 3.05) is 19.7 Å². The summed E-state index contributed by atoms with van der Waals surface area (Å²) in [6, 6.07) is 3.70. The van der Waals surface area contributed by atoms with E-state index in [0.717, 1.165) is 25.0 Å². The third kappa shape index (κ3) is 3.47. The molecule has 1 unspecified atom stereocenters. The molecule has 7 heteroatoms. The largest absolute Gasteiger partial charge is 0.486 e. The van der Waals surface area contributed by atoms with Crippen LogP contribution in [-0.4, -0.2) is 53.1 Å². The van der Waals surface area contributed by atoms with Crippen LogP contribution in [0.3, 0.4) is 0 Å². The van der Waals surface area contributed by atoms with Gasteiger partial charge < -0.3 is 14.4 Å². The number of carbonyl (C=O) groups excluding carboxylic acids is 1. The van der Waals surface area contributed by atoms with E-state index in [1.54, 1.807) is 17.3 Å². The lowest BCUT2D eigenvalue weighted by atomic mass is 9.79. The summed E-state index contributed by atoms with van der Waals surface area (Å²) in [6.07, 6.45) is 5.01. The van der Waals surface area contributed by atoms with Crippen LogP contribution in [0.4, 0.5) is 8.78 Å². The molecule has 1 aliphatic carbocycles. The van der Waals surface area contributed by atoms with Gasteiger partial charge in [-0.15, -0.1) is 0 Å². The zero-order valence-electron chi connectivity index (χ0n) is 14.0. The lowest BCUT2D eigenvalue weighted by Gasteiger charge is -2.42. The molecule has 1 aromatic heterocycles. The van der Waals surface area contributed by atoms with Crippen LogP contribution in [-0.2, 0) is 9.53 Å². The summed E-state index contributed by atoms with van der Waals surface area (Å²) in [6.45, 7) is 1.67. The fourth-order valence-corrected chi connectivity index (χ4v) is 4.06. The van der Waals surface area contributed by atoms with Crippen molar-refractivity contribution in [1.82, 2.24) is 9.88 Å². The van der Waals surface area contributed by atoms with Gasteiger partial charge in [-0.25, -0.2) is 8.78 Å². The second-order valence-electron chi connectivity index (χ2n) is 7.41. The van der Waals surface area contributed by atoms with Gasteiger partial charge in [-0.3, -0.25) is 9.78 Å². The Morgan fingerprint density at radius 3 is 2.68 bits per heavy atom. The number of hydrogen-bond acceptors (Lipinski definition) is 4. The van der Waals surface area contributed by atoms with Crippen molar-refractivity contribution in [3.8, 4) is 5.75 Å². The Labute approximate surface area is 145 Å². The number of pyridine rings is 1. The van der Waals surface area contributed by atoms with Gasteiger partial charge >= 0.3 is 0 Å². The van der Waals surface area contributed by atoms with Crippen LogP contribution in [0, 0.1) is 5.92 Å². The minimum absolute atomic E-state index is 0.0169. The van der Waals surface area contributed by atoms with Crippen molar-refractivity contribution in [3.63, 3.8) is 0 Å². The van der Waals surface area contributed by atoms with E-state index in [4.69, 9.17) is 9.47 Å². The predicted molar refractivity (Wildman–Crippen MR) is 85.4 cm³/mol. The Hall–Kier alpha value is -1.76. The first-order chi connectivity index (χ1) is 11.9. The van der Waals surface area contributed by atoms with Crippen molar-refractivity contribution in [1.29, 1.82) is 0 Å². The first-order valence-corrected chi connectivity index (χ1v) is 8.82. The first kappa shape index (κ1) is 16.7. The SMILES string of the molecule is O=C(C1CC(F)(F)C1)N1CCC2(CC1)CC(Oc1cccnc1)CO2. The van der Waals surface area contributed by atoms with E-state index in [1.165, 1.54) is 0 Å². The molecule has 0 aromatic carbocycles. The molecule has 1 spiro atoms. The average Bonchev–Trinajstić information content (AvgIpc) is 2.96. The van der Waals surface area contributed by atoms with E-state index < -0.39 is 11.8 Å². The van der Waals surface area contributed by atoms with Crippen molar-refractivity contribution in [2.45, 2.75) is 49.7 Å². The van der Waals surface area contributed by atoms with E-state index in [0.29, 0.717) is 19.7 Å². The van der Waals surface area contributed by atoms with Crippen LogP contribution in [0.25, 0.3) is 0 Å². The van der Waals surface area contributed by atoms with Gasteiger partial charge in [0, 0.05) is 44.5 Å². The smallest absolute Gasteiger partial charge is 0.249 e. The molecule has 3 heterocycles. The summed E-state index contributed by atoms with van der Waals surface area (Å²) < 4.78 is 37.9. The first-order valence-electron chi connectivity index (χ1n) is 8.82. The molecule has 3 aliphatic rings. The minimum Gasteiger partial charge on any atom is -0.486 e. The highest BCUT2D eigenvalue weighted by Gasteiger charge is 2.51. The Kier molecular flexibility index (Phi) is 4.14. The maximum atomic E-state index is 13.0. The highest BCUT2D eigenvalue weighted by molar-refractivity contribution is 5.80. The highest BCUT2D eigenvalue weighted by atomic mass is 19.3. The molecule has 0 radical (unpaired) electrons. The van der Waals surface area contributed by atoms with E-state index >= 15 is 0 Å². The number of ether oxygens (including phenoxy) is 2. The van der Waals surface area contributed by atoms with Gasteiger partial charge in [-0.05, 0) is 25.0 Å². The van der Waals surface area contributed by atoms with Gasteiger partial charge in [0.05, 0.1) is 18.4 Å². The van der Waals surface area contributed by atoms with Crippen LogP contribution in [0.15, 0.2) is 24.5 Å². The molecule has 1 atom stereocenters. The van der Waals surface area contributed by atoms with E-state index in [-0.39, 0.29) is 30.5 Å². The number of nitrogens with zero attached hydrogens (tertiary/aromatic N) is 2. The van der Waals surface area contributed by atoms with Crippen LogP contribution in [0.5, 0.6) is 5.75 Å². The van der Waals surface area contributed by atoms with Crippen molar-refractivity contribution in [2.24, 2.45) is 5.92 Å². The molecule has 1 aromatic rings. The Morgan fingerprint density at radius 2 is 2.04 bits per heavy atom. The van der Waals surface area contributed by atoms with Gasteiger partial charge in [-0.2, -0.15) is 0 Å². The molecule has 25 heavy (non-hydrogen) atoms. The standard InChI is InChI=1S/C18H22F2N2O3/c19-18(20)8-13(9-18)16(23)22-6-3-17(4-7-22)10-15(12-24-17)25-14-2-1-5-21-11-14/h1-2,5,11,13,15H,3-4,6-10,12H2. The molecule has 0 bridgehead atoms. The fraction of sp³-hybridized carbons (Fsp3) is 0.667. The number of amides is 1. The zero-order valence-corrected chi connectivity index (χ0v) is 14.0. The maximum absolute atomic E-state index is 13.0. The normalized spacial score (nSPS) is 27.9. The van der Waals surface area contributed by atoms with Crippen LogP contribution >= 0.6 is 0 Å². The Bertz CT molecular complexity index is 624. The van der Waals surface area contributed by atoms with E-state index in [9.17, 15) is 13.6 Å². The predicted octanol–water partition coefficient (Wildman–Crippen LogP) is 2.66. The highest BCUT2D eigenvalue weighted by Crippen LogP contribution is 2.44. The molecule has 2 saturated heterocycles. The minimum atomic E-state index is -2.65. The molecule has 5 nitrogen and oxygen atoms in total.